The van der Waals surface area contributed by atoms with E-state index in [1.54, 1.807) is 12.1 Å². The molecule has 0 spiro atoms. The number of rotatable bonds is 3. The number of halogens is 1. The molecule has 1 aromatic carbocycles. The van der Waals surface area contributed by atoms with Gasteiger partial charge in [0.05, 0.1) is 6.54 Å². The van der Waals surface area contributed by atoms with Crippen molar-refractivity contribution >= 4 is 12.0 Å². The summed E-state index contributed by atoms with van der Waals surface area (Å²) in [4.78, 5) is 29.0. The van der Waals surface area contributed by atoms with Gasteiger partial charge in [0.25, 0.3) is 5.91 Å². The zero-order valence-electron chi connectivity index (χ0n) is 12.8. The lowest BCUT2D eigenvalue weighted by atomic mass is 10.1. The Kier molecular flexibility index (Phi) is 4.65. The largest absolute Gasteiger partial charge is 0.433 e. The number of hydroxylamine groups is 2. The van der Waals surface area contributed by atoms with E-state index in [1.165, 1.54) is 12.1 Å². The van der Waals surface area contributed by atoms with E-state index in [1.807, 2.05) is 20.8 Å². The number of alkyl carbamates (subject to hydrolysis) is 1. The molecule has 120 valence electrons. The van der Waals surface area contributed by atoms with Crippen LogP contribution in [0.1, 0.15) is 26.3 Å². The Hall–Kier alpha value is -2.15. The highest BCUT2D eigenvalue weighted by atomic mass is 19.1. The van der Waals surface area contributed by atoms with Crippen LogP contribution in [0.15, 0.2) is 24.3 Å². The van der Waals surface area contributed by atoms with Gasteiger partial charge in [0.1, 0.15) is 12.4 Å². The Bertz CT molecular complexity index is 554. The topological polar surface area (TPSA) is 67.9 Å². The van der Waals surface area contributed by atoms with Gasteiger partial charge in [0, 0.05) is 5.54 Å². The molecule has 0 bridgehead atoms. The second-order valence-corrected chi connectivity index (χ2v) is 6.07. The SMILES string of the molecule is CC(C)(C)NC(=O)O[C@@H]1CON(Cc2ccc(F)cc2)C1=O. The number of benzene rings is 1. The molecule has 1 heterocycles. The van der Waals surface area contributed by atoms with E-state index in [0.717, 1.165) is 10.6 Å². The molecular formula is C15H19FN2O4. The highest BCUT2D eigenvalue weighted by Gasteiger charge is 2.36. The number of nitrogens with one attached hydrogen (secondary N) is 1. The molecule has 1 atom stereocenters. The van der Waals surface area contributed by atoms with Gasteiger partial charge < -0.3 is 10.1 Å². The molecule has 0 saturated carbocycles. The summed E-state index contributed by atoms with van der Waals surface area (Å²) < 4.78 is 17.9. The second kappa shape index (κ2) is 6.31. The number of amides is 2. The highest BCUT2D eigenvalue weighted by molar-refractivity contribution is 5.84. The molecule has 1 aliphatic heterocycles. The van der Waals surface area contributed by atoms with Gasteiger partial charge in [-0.2, -0.15) is 0 Å². The van der Waals surface area contributed by atoms with Crippen molar-refractivity contribution < 1.29 is 23.6 Å². The van der Waals surface area contributed by atoms with Crippen molar-refractivity contribution in [3.05, 3.63) is 35.6 Å². The Labute approximate surface area is 128 Å². The molecule has 0 unspecified atom stereocenters. The molecular weight excluding hydrogens is 291 g/mol. The predicted octanol–water partition coefficient (Wildman–Crippen LogP) is 1.99. The highest BCUT2D eigenvalue weighted by Crippen LogP contribution is 2.16. The number of carbonyl (C=O) groups is 2. The van der Waals surface area contributed by atoms with Crippen LogP contribution < -0.4 is 5.32 Å². The minimum Gasteiger partial charge on any atom is -0.433 e. The Morgan fingerprint density at radius 3 is 2.64 bits per heavy atom. The maximum Gasteiger partial charge on any atom is 0.408 e. The molecule has 0 aromatic heterocycles. The first-order valence-corrected chi connectivity index (χ1v) is 6.92. The average Bonchev–Trinajstić information content (AvgIpc) is 2.72. The van der Waals surface area contributed by atoms with Crippen LogP contribution in [0.4, 0.5) is 9.18 Å². The summed E-state index contributed by atoms with van der Waals surface area (Å²) in [6, 6.07) is 5.74. The minimum absolute atomic E-state index is 0.0302. The summed E-state index contributed by atoms with van der Waals surface area (Å²) in [5.74, 6) is -0.786. The van der Waals surface area contributed by atoms with Crippen molar-refractivity contribution in [2.45, 2.75) is 39.0 Å². The Morgan fingerprint density at radius 1 is 1.41 bits per heavy atom. The van der Waals surface area contributed by atoms with E-state index in [-0.39, 0.29) is 19.0 Å². The lowest BCUT2D eigenvalue weighted by Crippen LogP contribution is -2.43. The van der Waals surface area contributed by atoms with Crippen LogP contribution >= 0.6 is 0 Å². The lowest BCUT2D eigenvalue weighted by Gasteiger charge is -2.21. The van der Waals surface area contributed by atoms with E-state index >= 15 is 0 Å². The summed E-state index contributed by atoms with van der Waals surface area (Å²) in [7, 11) is 0. The van der Waals surface area contributed by atoms with Crippen LogP contribution in [-0.4, -0.2) is 35.3 Å². The third-order valence-corrected chi connectivity index (χ3v) is 2.87. The molecule has 7 heteroatoms. The summed E-state index contributed by atoms with van der Waals surface area (Å²) in [6.07, 6.45) is -1.64. The number of hydrogen-bond acceptors (Lipinski definition) is 4. The van der Waals surface area contributed by atoms with Gasteiger partial charge in [-0.25, -0.2) is 14.2 Å². The van der Waals surface area contributed by atoms with Crippen LogP contribution in [0.3, 0.4) is 0 Å². The van der Waals surface area contributed by atoms with Crippen molar-refractivity contribution in [1.29, 1.82) is 0 Å². The number of carbonyl (C=O) groups excluding carboxylic acids is 2. The fraction of sp³-hybridized carbons (Fsp3) is 0.467. The van der Waals surface area contributed by atoms with Crippen molar-refractivity contribution in [3.63, 3.8) is 0 Å². The summed E-state index contributed by atoms with van der Waals surface area (Å²) in [6.45, 7) is 5.56. The van der Waals surface area contributed by atoms with E-state index in [2.05, 4.69) is 5.32 Å². The zero-order chi connectivity index (χ0) is 16.3. The average molecular weight is 310 g/mol. The molecule has 0 radical (unpaired) electrons. The predicted molar refractivity (Wildman–Crippen MR) is 76.1 cm³/mol. The minimum atomic E-state index is -0.970. The van der Waals surface area contributed by atoms with Crippen molar-refractivity contribution in [3.8, 4) is 0 Å². The van der Waals surface area contributed by atoms with Crippen LogP contribution in [-0.2, 0) is 20.9 Å². The molecule has 1 aromatic rings. The first-order valence-electron chi connectivity index (χ1n) is 6.92. The number of nitrogens with zero attached hydrogens (tertiary/aromatic N) is 1. The third kappa shape index (κ3) is 4.42. The second-order valence-electron chi connectivity index (χ2n) is 6.07. The van der Waals surface area contributed by atoms with Gasteiger partial charge in [-0.1, -0.05) is 12.1 Å². The van der Waals surface area contributed by atoms with Crippen molar-refractivity contribution in [2.24, 2.45) is 0 Å². The van der Waals surface area contributed by atoms with Gasteiger partial charge in [-0.3, -0.25) is 9.63 Å². The molecule has 1 N–H and O–H groups in total. The molecule has 22 heavy (non-hydrogen) atoms. The van der Waals surface area contributed by atoms with Gasteiger partial charge in [0.2, 0.25) is 6.10 Å². The van der Waals surface area contributed by atoms with Crippen molar-refractivity contribution in [2.75, 3.05) is 6.61 Å². The molecule has 1 fully saturated rings. The Morgan fingerprint density at radius 2 is 2.05 bits per heavy atom. The van der Waals surface area contributed by atoms with Gasteiger partial charge >= 0.3 is 6.09 Å². The van der Waals surface area contributed by atoms with Gasteiger partial charge in [0.15, 0.2) is 0 Å². The number of hydrogen-bond donors (Lipinski definition) is 1. The van der Waals surface area contributed by atoms with E-state index < -0.39 is 23.6 Å². The van der Waals surface area contributed by atoms with E-state index in [4.69, 9.17) is 9.57 Å². The lowest BCUT2D eigenvalue weighted by molar-refractivity contribution is -0.165. The maximum atomic E-state index is 12.8. The summed E-state index contributed by atoms with van der Waals surface area (Å²) in [5.41, 5.74) is 0.266. The van der Waals surface area contributed by atoms with Crippen molar-refractivity contribution in [1.82, 2.24) is 10.4 Å². The third-order valence-electron chi connectivity index (χ3n) is 2.87. The quantitative estimate of drug-likeness (QED) is 0.927. The van der Waals surface area contributed by atoms with Gasteiger partial charge in [-0.05, 0) is 38.5 Å². The van der Waals surface area contributed by atoms with Crippen LogP contribution in [0.2, 0.25) is 0 Å². The van der Waals surface area contributed by atoms with Crippen LogP contribution in [0.5, 0.6) is 0 Å². The first-order chi connectivity index (χ1) is 10.2. The summed E-state index contributed by atoms with van der Waals surface area (Å²) >= 11 is 0. The molecule has 2 amide bonds. The molecule has 2 rings (SSSR count). The fourth-order valence-electron chi connectivity index (χ4n) is 1.88. The zero-order valence-corrected chi connectivity index (χ0v) is 12.8. The van der Waals surface area contributed by atoms with E-state index in [9.17, 15) is 14.0 Å². The molecule has 1 aliphatic rings. The summed E-state index contributed by atoms with van der Waals surface area (Å²) in [5, 5.41) is 3.72. The Balaban J connectivity index is 1.89. The monoisotopic (exact) mass is 310 g/mol. The first kappa shape index (κ1) is 16.2. The molecule has 1 saturated heterocycles. The van der Waals surface area contributed by atoms with Crippen LogP contribution in [0.25, 0.3) is 0 Å². The smallest absolute Gasteiger partial charge is 0.408 e. The maximum absolute atomic E-state index is 12.8. The van der Waals surface area contributed by atoms with Gasteiger partial charge in [-0.15, -0.1) is 0 Å². The standard InChI is InChI=1S/C15H19FN2O4/c1-15(2,3)17-14(20)22-12-9-21-18(13(12)19)8-10-4-6-11(16)7-5-10/h4-7,12H,8-9H2,1-3H3,(H,17,20)/t12-/m1/s1. The number of ether oxygens (including phenoxy) is 1. The fourth-order valence-corrected chi connectivity index (χ4v) is 1.88. The normalized spacial score (nSPS) is 18.5. The molecule has 6 nitrogen and oxygen atoms in total. The van der Waals surface area contributed by atoms with E-state index in [0.29, 0.717) is 0 Å². The van der Waals surface area contributed by atoms with Crippen LogP contribution in [0, 0.1) is 5.82 Å². The molecule has 0 aliphatic carbocycles.